The van der Waals surface area contributed by atoms with Crippen molar-refractivity contribution in [2.45, 2.75) is 32.9 Å². The average Bonchev–Trinajstić information content (AvgIpc) is 3.05. The standard InChI is InChI=1S/C13H13N5OS.C6H12S/c1-3-5-18-7-17-9-8-11(14-4-2)15-6-16-12(8)20-10(9)13(18)19;1-4-5-6(2)7-3/h3,5-7H,4H2,1-2H3,(H,14,15,16);4-6H,1-3H3/b5-3+;5-4-. The second-order valence-electron chi connectivity index (χ2n) is 5.62. The molecule has 0 radical (unpaired) electrons. The zero-order valence-corrected chi connectivity index (χ0v) is 17.9. The summed E-state index contributed by atoms with van der Waals surface area (Å²) in [6.45, 7) is 8.84. The van der Waals surface area contributed by atoms with Gasteiger partial charge in [0.2, 0.25) is 0 Å². The minimum Gasteiger partial charge on any atom is -0.370 e. The highest BCUT2D eigenvalue weighted by Gasteiger charge is 2.15. The predicted molar refractivity (Wildman–Crippen MR) is 120 cm³/mol. The van der Waals surface area contributed by atoms with Crippen LogP contribution in [0.5, 0.6) is 0 Å². The molecule has 1 atom stereocenters. The minimum atomic E-state index is -0.0847. The van der Waals surface area contributed by atoms with Gasteiger partial charge in [0, 0.05) is 18.0 Å². The molecule has 0 aliphatic heterocycles. The smallest absolute Gasteiger partial charge is 0.275 e. The summed E-state index contributed by atoms with van der Waals surface area (Å²) in [5.41, 5.74) is 0.575. The SMILES string of the molecule is C/C=C/n1cnc2c(sc3ncnc(NCC)c32)c1=O.C/C=C\C(C)SC. The fourth-order valence-electron chi connectivity index (χ4n) is 2.39. The Kier molecular flexibility index (Phi) is 7.99. The molecule has 3 rings (SSSR count). The van der Waals surface area contributed by atoms with Crippen molar-refractivity contribution in [3.8, 4) is 0 Å². The maximum absolute atomic E-state index is 12.4. The summed E-state index contributed by atoms with van der Waals surface area (Å²) < 4.78 is 2.07. The summed E-state index contributed by atoms with van der Waals surface area (Å²) in [5, 5.41) is 4.68. The van der Waals surface area contributed by atoms with Crippen LogP contribution in [0.4, 0.5) is 5.82 Å². The maximum Gasteiger partial charge on any atom is 0.275 e. The Balaban J connectivity index is 0.000000321. The molecule has 6 nitrogen and oxygen atoms in total. The van der Waals surface area contributed by atoms with Crippen molar-refractivity contribution in [1.29, 1.82) is 0 Å². The van der Waals surface area contributed by atoms with Gasteiger partial charge in [0.05, 0.1) is 5.39 Å². The predicted octanol–water partition coefficient (Wildman–Crippen LogP) is 4.64. The van der Waals surface area contributed by atoms with Crippen LogP contribution >= 0.6 is 23.1 Å². The average molecular weight is 404 g/mol. The number of anilines is 1. The lowest BCUT2D eigenvalue weighted by atomic mass is 10.3. The van der Waals surface area contributed by atoms with Gasteiger partial charge in [0.25, 0.3) is 5.56 Å². The Morgan fingerprint density at radius 1 is 1.30 bits per heavy atom. The second kappa shape index (κ2) is 10.2. The molecule has 0 aliphatic rings. The van der Waals surface area contributed by atoms with E-state index in [9.17, 15) is 4.79 Å². The van der Waals surface area contributed by atoms with E-state index in [2.05, 4.69) is 45.6 Å². The van der Waals surface area contributed by atoms with Crippen LogP contribution in [-0.2, 0) is 0 Å². The van der Waals surface area contributed by atoms with Gasteiger partial charge >= 0.3 is 0 Å². The zero-order valence-electron chi connectivity index (χ0n) is 16.3. The van der Waals surface area contributed by atoms with Gasteiger partial charge in [-0.15, -0.1) is 11.3 Å². The Labute approximate surface area is 167 Å². The highest BCUT2D eigenvalue weighted by molar-refractivity contribution is 7.99. The number of thioether (sulfide) groups is 1. The van der Waals surface area contributed by atoms with Crippen molar-refractivity contribution in [2.24, 2.45) is 0 Å². The van der Waals surface area contributed by atoms with Crippen LogP contribution in [0.2, 0.25) is 0 Å². The number of rotatable bonds is 5. The largest absolute Gasteiger partial charge is 0.370 e. The monoisotopic (exact) mass is 403 g/mol. The first kappa shape index (κ1) is 21.1. The third-order valence-electron chi connectivity index (χ3n) is 3.69. The number of nitrogens with zero attached hydrogens (tertiary/aromatic N) is 4. The molecule has 0 saturated carbocycles. The lowest BCUT2D eigenvalue weighted by molar-refractivity contribution is 1.03. The number of fused-ring (bicyclic) bond motifs is 3. The Morgan fingerprint density at radius 2 is 2.07 bits per heavy atom. The van der Waals surface area contributed by atoms with Crippen molar-refractivity contribution < 1.29 is 0 Å². The van der Waals surface area contributed by atoms with E-state index in [1.165, 1.54) is 28.6 Å². The van der Waals surface area contributed by atoms with Crippen LogP contribution < -0.4 is 10.9 Å². The van der Waals surface area contributed by atoms with Gasteiger partial charge in [0.15, 0.2) is 0 Å². The molecule has 0 aromatic carbocycles. The summed E-state index contributed by atoms with van der Waals surface area (Å²) in [6, 6.07) is 0. The van der Waals surface area contributed by atoms with Crippen LogP contribution in [0, 0.1) is 0 Å². The normalized spacial score (nSPS) is 12.6. The Morgan fingerprint density at radius 3 is 2.67 bits per heavy atom. The molecule has 8 heteroatoms. The summed E-state index contributed by atoms with van der Waals surface area (Å²) in [7, 11) is 0. The van der Waals surface area contributed by atoms with Gasteiger partial charge in [-0.25, -0.2) is 15.0 Å². The molecular weight excluding hydrogens is 378 g/mol. The van der Waals surface area contributed by atoms with Gasteiger partial charge in [-0.1, -0.05) is 18.2 Å². The van der Waals surface area contributed by atoms with Crippen molar-refractivity contribution in [1.82, 2.24) is 19.5 Å². The molecule has 0 amide bonds. The third kappa shape index (κ3) is 4.95. The number of thiophene rings is 1. The van der Waals surface area contributed by atoms with Gasteiger partial charge in [-0.05, 0) is 34.0 Å². The van der Waals surface area contributed by atoms with E-state index in [0.717, 1.165) is 22.6 Å². The van der Waals surface area contributed by atoms with Crippen LogP contribution in [-0.4, -0.2) is 37.6 Å². The van der Waals surface area contributed by atoms with Gasteiger partial charge < -0.3 is 5.32 Å². The lowest BCUT2D eigenvalue weighted by Crippen LogP contribution is -2.14. The molecule has 0 fully saturated rings. The van der Waals surface area contributed by atoms with Crippen molar-refractivity contribution >= 4 is 55.5 Å². The quantitative estimate of drug-likeness (QED) is 0.626. The molecule has 3 aromatic rings. The highest BCUT2D eigenvalue weighted by atomic mass is 32.2. The van der Waals surface area contributed by atoms with E-state index < -0.39 is 0 Å². The van der Waals surface area contributed by atoms with Crippen LogP contribution in [0.25, 0.3) is 26.6 Å². The minimum absolute atomic E-state index is 0.0847. The molecule has 0 spiro atoms. The van der Waals surface area contributed by atoms with Gasteiger partial charge in [-0.2, -0.15) is 11.8 Å². The number of allylic oxidation sites excluding steroid dienone is 2. The number of aromatic nitrogens is 4. The van der Waals surface area contributed by atoms with E-state index in [1.807, 2.05) is 32.5 Å². The molecule has 27 heavy (non-hydrogen) atoms. The lowest BCUT2D eigenvalue weighted by Gasteiger charge is -2.02. The number of nitrogens with one attached hydrogen (secondary N) is 1. The first-order valence-electron chi connectivity index (χ1n) is 8.73. The summed E-state index contributed by atoms with van der Waals surface area (Å²) >= 11 is 3.21. The van der Waals surface area contributed by atoms with Gasteiger partial charge in [-0.3, -0.25) is 9.36 Å². The third-order valence-corrected chi connectivity index (χ3v) is 5.67. The summed E-state index contributed by atoms with van der Waals surface area (Å²) in [6.07, 6.45) is 12.9. The molecule has 3 heterocycles. The molecule has 1 N–H and O–H groups in total. The second-order valence-corrected chi connectivity index (χ2v) is 7.83. The first-order chi connectivity index (χ1) is 13.1. The first-order valence-corrected chi connectivity index (χ1v) is 10.8. The van der Waals surface area contributed by atoms with Crippen LogP contribution in [0.15, 0.2) is 35.7 Å². The van der Waals surface area contributed by atoms with Crippen LogP contribution in [0.1, 0.15) is 27.7 Å². The van der Waals surface area contributed by atoms with Crippen molar-refractivity contribution in [2.75, 3.05) is 18.1 Å². The van der Waals surface area contributed by atoms with E-state index >= 15 is 0 Å². The summed E-state index contributed by atoms with van der Waals surface area (Å²) in [4.78, 5) is 26.0. The molecule has 144 valence electrons. The number of hydrogen-bond acceptors (Lipinski definition) is 7. The molecule has 0 saturated heterocycles. The fraction of sp³-hybridized carbons (Fsp3) is 0.368. The van der Waals surface area contributed by atoms with Crippen molar-refractivity contribution in [3.63, 3.8) is 0 Å². The van der Waals surface area contributed by atoms with E-state index in [0.29, 0.717) is 15.5 Å². The highest BCUT2D eigenvalue weighted by Crippen LogP contribution is 2.32. The van der Waals surface area contributed by atoms with E-state index in [1.54, 1.807) is 12.3 Å². The molecule has 0 aliphatic carbocycles. The summed E-state index contributed by atoms with van der Waals surface area (Å²) in [5.74, 6) is 0.722. The Bertz CT molecular complexity index is 1010. The molecule has 1 unspecified atom stereocenters. The maximum atomic E-state index is 12.4. The van der Waals surface area contributed by atoms with Gasteiger partial charge in [0.1, 0.15) is 33.5 Å². The number of hydrogen-bond donors (Lipinski definition) is 1. The fourth-order valence-corrected chi connectivity index (χ4v) is 3.74. The molecular formula is C19H25N5OS2. The molecule has 3 aromatic heterocycles. The topological polar surface area (TPSA) is 72.7 Å². The zero-order chi connectivity index (χ0) is 19.8. The molecule has 0 bridgehead atoms. The van der Waals surface area contributed by atoms with Crippen LogP contribution in [0.3, 0.4) is 0 Å². The van der Waals surface area contributed by atoms with E-state index in [-0.39, 0.29) is 5.56 Å². The van der Waals surface area contributed by atoms with Crippen molar-refractivity contribution in [3.05, 3.63) is 41.2 Å². The Hall–Kier alpha value is -2.19. The van der Waals surface area contributed by atoms with E-state index in [4.69, 9.17) is 0 Å².